The Morgan fingerprint density at radius 2 is 1.89 bits per heavy atom. The highest BCUT2D eigenvalue weighted by Gasteiger charge is 2.32. The SMILES string of the molecule is N#CC(C#N)=NNc1ccc(C(F)(F)F)c(I)c1. The van der Waals surface area contributed by atoms with Gasteiger partial charge in [0.1, 0.15) is 12.1 Å². The zero-order valence-electron chi connectivity index (χ0n) is 8.59. The van der Waals surface area contributed by atoms with Crippen molar-refractivity contribution in [1.29, 1.82) is 10.5 Å². The summed E-state index contributed by atoms with van der Waals surface area (Å²) in [7, 11) is 0. The Morgan fingerprint density at radius 1 is 1.28 bits per heavy atom. The van der Waals surface area contributed by atoms with Gasteiger partial charge in [-0.05, 0) is 40.8 Å². The maximum Gasteiger partial charge on any atom is 0.417 e. The van der Waals surface area contributed by atoms with Crippen LogP contribution >= 0.6 is 22.6 Å². The van der Waals surface area contributed by atoms with Crippen LogP contribution in [0.3, 0.4) is 0 Å². The van der Waals surface area contributed by atoms with Crippen molar-refractivity contribution in [3.63, 3.8) is 0 Å². The normalized spacial score (nSPS) is 10.1. The van der Waals surface area contributed by atoms with Crippen LogP contribution in [0.2, 0.25) is 0 Å². The lowest BCUT2D eigenvalue weighted by molar-refractivity contribution is -0.138. The third-order valence-electron chi connectivity index (χ3n) is 1.78. The number of halogens is 4. The van der Waals surface area contributed by atoms with E-state index in [9.17, 15) is 13.2 Å². The number of hydrogen-bond donors (Lipinski definition) is 1. The van der Waals surface area contributed by atoms with Gasteiger partial charge in [0.25, 0.3) is 0 Å². The van der Waals surface area contributed by atoms with Crippen molar-refractivity contribution in [2.24, 2.45) is 5.10 Å². The highest BCUT2D eigenvalue weighted by atomic mass is 127. The van der Waals surface area contributed by atoms with Gasteiger partial charge in [-0.2, -0.15) is 28.8 Å². The number of nitrogens with one attached hydrogen (secondary N) is 1. The molecule has 4 nitrogen and oxygen atoms in total. The molecule has 1 aromatic carbocycles. The van der Waals surface area contributed by atoms with Crippen LogP contribution in [-0.2, 0) is 6.18 Å². The fourth-order valence-electron chi connectivity index (χ4n) is 1.01. The van der Waals surface area contributed by atoms with Crippen molar-refractivity contribution < 1.29 is 13.2 Å². The first-order valence-electron chi connectivity index (χ1n) is 4.39. The van der Waals surface area contributed by atoms with E-state index in [0.717, 1.165) is 6.07 Å². The fraction of sp³-hybridized carbons (Fsp3) is 0.100. The van der Waals surface area contributed by atoms with Crippen molar-refractivity contribution in [3.8, 4) is 12.1 Å². The molecule has 92 valence electrons. The summed E-state index contributed by atoms with van der Waals surface area (Å²) < 4.78 is 37.4. The molecule has 1 rings (SSSR count). The molecule has 18 heavy (non-hydrogen) atoms. The Bertz CT molecular complexity index is 550. The Labute approximate surface area is 114 Å². The Kier molecular flexibility index (Phi) is 4.50. The minimum atomic E-state index is -4.41. The van der Waals surface area contributed by atoms with E-state index in [1.807, 2.05) is 0 Å². The van der Waals surface area contributed by atoms with E-state index in [0.29, 0.717) is 0 Å². The van der Waals surface area contributed by atoms with Gasteiger partial charge in [-0.25, -0.2) is 0 Å². The van der Waals surface area contributed by atoms with E-state index in [1.54, 1.807) is 22.6 Å². The number of anilines is 1. The molecule has 0 aromatic heterocycles. The number of nitrogens with zero attached hydrogens (tertiary/aromatic N) is 3. The van der Waals surface area contributed by atoms with Gasteiger partial charge in [-0.15, -0.1) is 0 Å². The predicted octanol–water partition coefficient (Wildman–Crippen LogP) is 3.13. The van der Waals surface area contributed by atoms with Crippen molar-refractivity contribution >= 4 is 34.0 Å². The largest absolute Gasteiger partial charge is 0.417 e. The molecule has 0 radical (unpaired) electrons. The lowest BCUT2D eigenvalue weighted by Gasteiger charge is -2.10. The van der Waals surface area contributed by atoms with Crippen LogP contribution in [0.25, 0.3) is 0 Å². The van der Waals surface area contributed by atoms with E-state index in [2.05, 4.69) is 10.5 Å². The number of rotatable bonds is 2. The van der Waals surface area contributed by atoms with Gasteiger partial charge in [0.2, 0.25) is 5.71 Å². The Morgan fingerprint density at radius 3 is 2.33 bits per heavy atom. The molecule has 0 fully saturated rings. The summed E-state index contributed by atoms with van der Waals surface area (Å²) in [5.74, 6) is 0. The second kappa shape index (κ2) is 5.69. The number of benzene rings is 1. The fourth-order valence-corrected chi connectivity index (χ4v) is 1.83. The maximum absolute atomic E-state index is 12.5. The molecule has 0 heterocycles. The average molecular weight is 364 g/mol. The third-order valence-corrected chi connectivity index (χ3v) is 2.68. The summed E-state index contributed by atoms with van der Waals surface area (Å²) in [6, 6.07) is 6.32. The van der Waals surface area contributed by atoms with E-state index < -0.39 is 17.5 Å². The first-order chi connectivity index (χ1) is 8.38. The van der Waals surface area contributed by atoms with E-state index in [4.69, 9.17) is 10.5 Å². The molecule has 0 saturated carbocycles. The second-order valence-electron chi connectivity index (χ2n) is 2.99. The Balaban J connectivity index is 2.98. The molecule has 0 unspecified atom stereocenters. The number of hydrogen-bond acceptors (Lipinski definition) is 4. The first kappa shape index (κ1) is 14.3. The summed E-state index contributed by atoms with van der Waals surface area (Å²) in [6.07, 6.45) is -4.41. The van der Waals surface area contributed by atoms with Crippen molar-refractivity contribution in [3.05, 3.63) is 27.3 Å². The number of nitriles is 2. The number of hydrazone groups is 1. The molecular weight excluding hydrogens is 360 g/mol. The molecule has 0 atom stereocenters. The van der Waals surface area contributed by atoms with Crippen molar-refractivity contribution in [2.75, 3.05) is 5.43 Å². The van der Waals surface area contributed by atoms with Crippen LogP contribution in [0.1, 0.15) is 5.56 Å². The van der Waals surface area contributed by atoms with Crippen LogP contribution in [0.5, 0.6) is 0 Å². The first-order valence-corrected chi connectivity index (χ1v) is 5.47. The molecule has 1 aromatic rings. The van der Waals surface area contributed by atoms with Gasteiger partial charge < -0.3 is 0 Å². The molecule has 0 aliphatic heterocycles. The standard InChI is InChI=1S/C10H4F3IN4/c11-10(12,13)8-2-1-6(3-9(8)14)17-18-7(4-15)5-16/h1-3,17H. The highest BCUT2D eigenvalue weighted by molar-refractivity contribution is 14.1. The van der Waals surface area contributed by atoms with E-state index in [1.165, 1.54) is 24.3 Å². The maximum atomic E-state index is 12.5. The monoisotopic (exact) mass is 364 g/mol. The molecular formula is C10H4F3IN4. The Hall–Kier alpha value is -1.81. The molecule has 0 aliphatic carbocycles. The van der Waals surface area contributed by atoms with Crippen LogP contribution in [-0.4, -0.2) is 5.71 Å². The van der Waals surface area contributed by atoms with Crippen molar-refractivity contribution in [1.82, 2.24) is 0 Å². The summed E-state index contributed by atoms with van der Waals surface area (Å²) >= 11 is 1.55. The van der Waals surface area contributed by atoms with Gasteiger partial charge in [-0.1, -0.05) is 0 Å². The zero-order valence-corrected chi connectivity index (χ0v) is 10.7. The van der Waals surface area contributed by atoms with Crippen molar-refractivity contribution in [2.45, 2.75) is 6.18 Å². The van der Waals surface area contributed by atoms with Crippen LogP contribution < -0.4 is 5.43 Å². The highest BCUT2D eigenvalue weighted by Crippen LogP contribution is 2.33. The minimum absolute atomic E-state index is 0.00392. The van der Waals surface area contributed by atoms with Gasteiger partial charge in [-0.3, -0.25) is 5.43 Å². The summed E-state index contributed by atoms with van der Waals surface area (Å²) in [5, 5.41) is 20.3. The van der Waals surface area contributed by atoms with Gasteiger partial charge in [0, 0.05) is 3.57 Å². The predicted molar refractivity (Wildman–Crippen MR) is 66.4 cm³/mol. The molecule has 0 bridgehead atoms. The van der Waals surface area contributed by atoms with E-state index >= 15 is 0 Å². The quantitative estimate of drug-likeness (QED) is 0.498. The molecule has 0 aliphatic rings. The van der Waals surface area contributed by atoms with Crippen LogP contribution in [0, 0.1) is 26.2 Å². The molecule has 8 heteroatoms. The molecule has 0 saturated heterocycles. The lowest BCUT2D eigenvalue weighted by Crippen LogP contribution is -2.07. The summed E-state index contributed by atoms with van der Waals surface area (Å²) in [4.78, 5) is 0. The molecule has 0 spiro atoms. The minimum Gasteiger partial charge on any atom is -0.276 e. The molecule has 0 amide bonds. The second-order valence-corrected chi connectivity index (χ2v) is 4.15. The summed E-state index contributed by atoms with van der Waals surface area (Å²) in [6.45, 7) is 0. The van der Waals surface area contributed by atoms with Gasteiger partial charge >= 0.3 is 6.18 Å². The molecule has 1 N–H and O–H groups in total. The van der Waals surface area contributed by atoms with Gasteiger partial charge in [0.15, 0.2) is 0 Å². The summed E-state index contributed by atoms with van der Waals surface area (Å²) in [5.41, 5.74) is 1.43. The van der Waals surface area contributed by atoms with Crippen LogP contribution in [0.15, 0.2) is 23.3 Å². The topological polar surface area (TPSA) is 72.0 Å². The zero-order chi connectivity index (χ0) is 13.8. The van der Waals surface area contributed by atoms with Crippen LogP contribution in [0.4, 0.5) is 18.9 Å². The smallest absolute Gasteiger partial charge is 0.276 e. The average Bonchev–Trinajstić information content (AvgIpc) is 2.28. The third kappa shape index (κ3) is 3.60. The lowest BCUT2D eigenvalue weighted by atomic mass is 10.2. The number of alkyl halides is 3. The van der Waals surface area contributed by atoms with E-state index in [-0.39, 0.29) is 9.26 Å². The van der Waals surface area contributed by atoms with Gasteiger partial charge in [0.05, 0.1) is 11.3 Å².